The van der Waals surface area contributed by atoms with Gasteiger partial charge in [0.15, 0.2) is 0 Å². The predicted octanol–water partition coefficient (Wildman–Crippen LogP) is 4.87. The van der Waals surface area contributed by atoms with Crippen LogP contribution < -0.4 is 4.74 Å². The van der Waals surface area contributed by atoms with Crippen molar-refractivity contribution >= 4 is 5.91 Å². The van der Waals surface area contributed by atoms with Gasteiger partial charge in [-0.2, -0.15) is 5.10 Å². The van der Waals surface area contributed by atoms with E-state index in [-0.39, 0.29) is 11.9 Å². The number of H-pyrrole nitrogens is 1. The van der Waals surface area contributed by atoms with Gasteiger partial charge in [-0.1, -0.05) is 60.7 Å². The average molecular weight is 409 g/mol. The van der Waals surface area contributed by atoms with Crippen LogP contribution in [0.2, 0.25) is 0 Å². The molecule has 1 aliphatic heterocycles. The normalized spacial score (nSPS) is 15.2. The standard InChI is InChI=1S/C26H23N3O2/c1-31-21-14-12-19(13-15-21)23-22-24(28-27-23)26(30)29(17-16-18-8-4-2-5-9-18)25(22)20-10-6-3-7-11-20/h2-15,25H,16-17H2,1H3,(H,27,28)/t25-/m1/s1. The number of carbonyl (C=O) groups is 1. The lowest BCUT2D eigenvalue weighted by Crippen LogP contribution is -2.31. The lowest BCUT2D eigenvalue weighted by molar-refractivity contribution is 0.0746. The Labute approximate surface area is 181 Å². The second-order valence-corrected chi connectivity index (χ2v) is 7.64. The van der Waals surface area contributed by atoms with Crippen molar-refractivity contribution in [3.63, 3.8) is 0 Å². The average Bonchev–Trinajstić information content (AvgIpc) is 3.38. The van der Waals surface area contributed by atoms with Gasteiger partial charge in [0, 0.05) is 17.7 Å². The molecule has 3 aromatic carbocycles. The second kappa shape index (κ2) is 8.11. The molecular weight excluding hydrogens is 386 g/mol. The van der Waals surface area contributed by atoms with E-state index < -0.39 is 0 Å². The molecule has 5 heteroatoms. The van der Waals surface area contributed by atoms with Crippen molar-refractivity contribution in [1.29, 1.82) is 0 Å². The number of rotatable bonds is 6. The smallest absolute Gasteiger partial charge is 0.273 e. The van der Waals surface area contributed by atoms with Crippen molar-refractivity contribution in [3.8, 4) is 17.0 Å². The maximum absolute atomic E-state index is 13.4. The summed E-state index contributed by atoms with van der Waals surface area (Å²) in [6.07, 6.45) is 0.797. The minimum Gasteiger partial charge on any atom is -0.497 e. The molecular formula is C26H23N3O2. The number of fused-ring (bicyclic) bond motifs is 1. The maximum Gasteiger partial charge on any atom is 0.273 e. The van der Waals surface area contributed by atoms with Gasteiger partial charge in [-0.05, 0) is 41.8 Å². The van der Waals surface area contributed by atoms with Crippen LogP contribution in [0.3, 0.4) is 0 Å². The Bertz CT molecular complexity index is 1180. The minimum absolute atomic E-state index is 0.00736. The Morgan fingerprint density at radius 3 is 2.29 bits per heavy atom. The Balaban J connectivity index is 1.55. The van der Waals surface area contributed by atoms with Crippen LogP contribution in [0.4, 0.5) is 0 Å². The SMILES string of the molecule is COc1ccc(-c2n[nH]c3c2[C@@H](c2ccccc2)N(CCc2ccccc2)C3=O)cc1. The molecule has 0 radical (unpaired) electrons. The van der Waals surface area contributed by atoms with Crippen LogP contribution in [-0.2, 0) is 6.42 Å². The molecule has 5 rings (SSSR count). The van der Waals surface area contributed by atoms with E-state index >= 15 is 0 Å². The number of hydrogen-bond acceptors (Lipinski definition) is 3. The van der Waals surface area contributed by atoms with Gasteiger partial charge in [0.2, 0.25) is 0 Å². The first-order valence-electron chi connectivity index (χ1n) is 10.4. The van der Waals surface area contributed by atoms with E-state index in [1.54, 1.807) is 7.11 Å². The Morgan fingerprint density at radius 1 is 0.935 bits per heavy atom. The second-order valence-electron chi connectivity index (χ2n) is 7.64. The van der Waals surface area contributed by atoms with E-state index in [0.717, 1.165) is 34.6 Å². The van der Waals surface area contributed by atoms with Gasteiger partial charge in [0.1, 0.15) is 11.4 Å². The lowest BCUT2D eigenvalue weighted by atomic mass is 9.96. The number of nitrogens with zero attached hydrogens (tertiary/aromatic N) is 2. The third-order valence-electron chi connectivity index (χ3n) is 5.83. The quantitative estimate of drug-likeness (QED) is 0.494. The van der Waals surface area contributed by atoms with E-state index in [1.807, 2.05) is 65.6 Å². The van der Waals surface area contributed by atoms with E-state index in [1.165, 1.54) is 5.56 Å². The van der Waals surface area contributed by atoms with Crippen LogP contribution >= 0.6 is 0 Å². The Kier molecular flexibility index (Phi) is 5.00. The van der Waals surface area contributed by atoms with Gasteiger partial charge in [-0.15, -0.1) is 0 Å². The maximum atomic E-state index is 13.4. The molecule has 1 N–H and O–H groups in total. The van der Waals surface area contributed by atoms with Crippen LogP contribution in [0.1, 0.15) is 33.2 Å². The number of methoxy groups -OCH3 is 1. The fraction of sp³-hybridized carbons (Fsp3) is 0.154. The molecule has 0 saturated carbocycles. The summed E-state index contributed by atoms with van der Waals surface area (Å²) in [6, 6.07) is 28.1. The molecule has 0 fully saturated rings. The fourth-order valence-corrected chi connectivity index (χ4v) is 4.27. The molecule has 1 aliphatic rings. The highest BCUT2D eigenvalue weighted by Crippen LogP contribution is 2.42. The van der Waals surface area contributed by atoms with Crippen LogP contribution in [0.5, 0.6) is 5.75 Å². The Hall–Kier alpha value is -3.86. The molecule has 0 spiro atoms. The van der Waals surface area contributed by atoms with Crippen molar-refractivity contribution < 1.29 is 9.53 Å². The molecule has 1 atom stereocenters. The summed E-state index contributed by atoms with van der Waals surface area (Å²) < 4.78 is 5.29. The summed E-state index contributed by atoms with van der Waals surface area (Å²) in [7, 11) is 1.65. The molecule has 1 amide bonds. The number of amides is 1. The molecule has 0 saturated heterocycles. The van der Waals surface area contributed by atoms with Crippen LogP contribution in [0.15, 0.2) is 84.9 Å². The number of hydrogen-bond donors (Lipinski definition) is 1. The van der Waals surface area contributed by atoms with Gasteiger partial charge in [-0.25, -0.2) is 0 Å². The first-order chi connectivity index (χ1) is 15.3. The fourth-order valence-electron chi connectivity index (χ4n) is 4.27. The van der Waals surface area contributed by atoms with Gasteiger partial charge < -0.3 is 9.64 Å². The van der Waals surface area contributed by atoms with Crippen LogP contribution in [0, 0.1) is 0 Å². The molecule has 0 bridgehead atoms. The topological polar surface area (TPSA) is 58.2 Å². The summed E-state index contributed by atoms with van der Waals surface area (Å²) in [5, 5.41) is 7.55. The number of ether oxygens (including phenoxy) is 1. The molecule has 1 aromatic heterocycles. The molecule has 4 aromatic rings. The van der Waals surface area contributed by atoms with Crippen molar-refractivity contribution in [2.75, 3.05) is 13.7 Å². The monoisotopic (exact) mass is 409 g/mol. The molecule has 2 heterocycles. The highest BCUT2D eigenvalue weighted by atomic mass is 16.5. The number of carbonyl (C=O) groups excluding carboxylic acids is 1. The molecule has 5 nitrogen and oxygen atoms in total. The van der Waals surface area contributed by atoms with Gasteiger partial charge >= 0.3 is 0 Å². The summed E-state index contributed by atoms with van der Waals surface area (Å²) >= 11 is 0. The first-order valence-corrected chi connectivity index (χ1v) is 10.4. The molecule has 31 heavy (non-hydrogen) atoms. The van der Waals surface area contributed by atoms with Crippen molar-refractivity contribution in [2.24, 2.45) is 0 Å². The number of aromatic amines is 1. The largest absolute Gasteiger partial charge is 0.497 e. The van der Waals surface area contributed by atoms with Gasteiger partial charge in [0.05, 0.1) is 18.8 Å². The Morgan fingerprint density at radius 2 is 1.61 bits per heavy atom. The summed E-state index contributed by atoms with van der Waals surface area (Å²) in [5.74, 6) is 0.781. The van der Waals surface area contributed by atoms with Crippen molar-refractivity contribution in [1.82, 2.24) is 15.1 Å². The molecule has 154 valence electrons. The molecule has 0 aliphatic carbocycles. The lowest BCUT2D eigenvalue weighted by Gasteiger charge is -2.26. The molecule has 0 unspecified atom stereocenters. The third kappa shape index (κ3) is 3.48. The highest BCUT2D eigenvalue weighted by Gasteiger charge is 2.41. The van der Waals surface area contributed by atoms with E-state index in [0.29, 0.717) is 12.2 Å². The van der Waals surface area contributed by atoms with E-state index in [9.17, 15) is 4.79 Å². The zero-order chi connectivity index (χ0) is 21.2. The zero-order valence-corrected chi connectivity index (χ0v) is 17.3. The highest BCUT2D eigenvalue weighted by molar-refractivity contribution is 6.00. The zero-order valence-electron chi connectivity index (χ0n) is 17.3. The number of nitrogens with one attached hydrogen (secondary N) is 1. The van der Waals surface area contributed by atoms with Gasteiger partial charge in [0.25, 0.3) is 5.91 Å². The van der Waals surface area contributed by atoms with Crippen LogP contribution in [0.25, 0.3) is 11.3 Å². The van der Waals surface area contributed by atoms with Crippen molar-refractivity contribution in [2.45, 2.75) is 12.5 Å². The number of benzene rings is 3. The van der Waals surface area contributed by atoms with Crippen LogP contribution in [-0.4, -0.2) is 34.7 Å². The number of aromatic nitrogens is 2. The third-order valence-corrected chi connectivity index (χ3v) is 5.83. The minimum atomic E-state index is -0.178. The summed E-state index contributed by atoms with van der Waals surface area (Å²) in [5.41, 5.74) is 5.58. The van der Waals surface area contributed by atoms with Gasteiger partial charge in [-0.3, -0.25) is 9.89 Å². The van der Waals surface area contributed by atoms with E-state index in [2.05, 4.69) is 34.5 Å². The summed E-state index contributed by atoms with van der Waals surface area (Å²) in [6.45, 7) is 0.632. The van der Waals surface area contributed by atoms with Crippen molar-refractivity contribution in [3.05, 3.63) is 107 Å². The van der Waals surface area contributed by atoms with E-state index in [4.69, 9.17) is 4.74 Å². The first kappa shape index (κ1) is 19.1. The predicted molar refractivity (Wildman–Crippen MR) is 120 cm³/mol. The summed E-state index contributed by atoms with van der Waals surface area (Å²) in [4.78, 5) is 15.3.